The van der Waals surface area contributed by atoms with Crippen molar-refractivity contribution in [3.05, 3.63) is 35.9 Å². The molecule has 1 atom stereocenters. The van der Waals surface area contributed by atoms with Crippen LogP contribution in [0.15, 0.2) is 30.3 Å². The number of nitrogens with two attached hydrogens (primary N) is 1. The number of rotatable bonds is 7. The Bertz CT molecular complexity index is 330. The number of Topliss-reactive ketones (excluding diaryl/α,β-unsaturated/α-hetero) is 1. The van der Waals surface area contributed by atoms with Gasteiger partial charge in [-0.1, -0.05) is 44.2 Å². The third-order valence-electron chi connectivity index (χ3n) is 3.37. The van der Waals surface area contributed by atoms with Gasteiger partial charge in [-0.3, -0.25) is 4.79 Å². The van der Waals surface area contributed by atoms with Gasteiger partial charge in [0.25, 0.3) is 0 Å². The highest BCUT2D eigenvalue weighted by atomic mass is 16.1. The van der Waals surface area contributed by atoms with Crippen LogP contribution in [0.2, 0.25) is 0 Å². The van der Waals surface area contributed by atoms with Crippen LogP contribution >= 0.6 is 0 Å². The average molecular weight is 233 g/mol. The topological polar surface area (TPSA) is 43.1 Å². The van der Waals surface area contributed by atoms with Crippen molar-refractivity contribution < 1.29 is 4.79 Å². The SMILES string of the molecule is CCC(CC)C(=O)CCC(N)c1ccccc1. The summed E-state index contributed by atoms with van der Waals surface area (Å²) in [4.78, 5) is 11.9. The van der Waals surface area contributed by atoms with E-state index in [-0.39, 0.29) is 12.0 Å². The molecular weight excluding hydrogens is 210 g/mol. The second-order valence-corrected chi connectivity index (χ2v) is 4.54. The number of hydrogen-bond donors (Lipinski definition) is 1. The molecule has 0 bridgehead atoms. The fourth-order valence-corrected chi connectivity index (χ4v) is 2.11. The van der Waals surface area contributed by atoms with Gasteiger partial charge in [0.15, 0.2) is 0 Å². The van der Waals surface area contributed by atoms with Gasteiger partial charge in [0.2, 0.25) is 0 Å². The molecule has 1 rings (SSSR count). The third kappa shape index (κ3) is 4.31. The second-order valence-electron chi connectivity index (χ2n) is 4.54. The molecule has 0 aliphatic carbocycles. The zero-order valence-electron chi connectivity index (χ0n) is 10.9. The Morgan fingerprint density at radius 3 is 2.29 bits per heavy atom. The Morgan fingerprint density at radius 2 is 1.76 bits per heavy atom. The summed E-state index contributed by atoms with van der Waals surface area (Å²) >= 11 is 0. The molecule has 0 aliphatic heterocycles. The van der Waals surface area contributed by atoms with Crippen LogP contribution in [-0.2, 0) is 4.79 Å². The van der Waals surface area contributed by atoms with E-state index in [0.717, 1.165) is 24.8 Å². The van der Waals surface area contributed by atoms with Crippen molar-refractivity contribution in [1.29, 1.82) is 0 Å². The highest BCUT2D eigenvalue weighted by Gasteiger charge is 2.15. The number of ketones is 1. The normalized spacial score (nSPS) is 12.7. The lowest BCUT2D eigenvalue weighted by Crippen LogP contribution is -2.17. The summed E-state index contributed by atoms with van der Waals surface area (Å²) in [6, 6.07) is 9.97. The van der Waals surface area contributed by atoms with Gasteiger partial charge in [0, 0.05) is 18.4 Å². The zero-order valence-corrected chi connectivity index (χ0v) is 10.9. The van der Waals surface area contributed by atoms with Crippen LogP contribution in [0.25, 0.3) is 0 Å². The minimum atomic E-state index is -0.0190. The lowest BCUT2D eigenvalue weighted by atomic mass is 9.92. The minimum absolute atomic E-state index is 0.0190. The molecule has 0 amide bonds. The molecule has 0 saturated heterocycles. The Labute approximate surface area is 104 Å². The smallest absolute Gasteiger partial charge is 0.136 e. The molecule has 0 radical (unpaired) electrons. The van der Waals surface area contributed by atoms with E-state index >= 15 is 0 Å². The van der Waals surface area contributed by atoms with E-state index < -0.39 is 0 Å². The Balaban J connectivity index is 2.43. The van der Waals surface area contributed by atoms with Gasteiger partial charge in [-0.25, -0.2) is 0 Å². The van der Waals surface area contributed by atoms with Crippen molar-refractivity contribution in [2.24, 2.45) is 11.7 Å². The van der Waals surface area contributed by atoms with Crippen LogP contribution in [0.1, 0.15) is 51.1 Å². The average Bonchev–Trinajstić information content (AvgIpc) is 2.38. The van der Waals surface area contributed by atoms with Gasteiger partial charge in [-0.15, -0.1) is 0 Å². The van der Waals surface area contributed by atoms with Gasteiger partial charge in [-0.2, -0.15) is 0 Å². The summed E-state index contributed by atoms with van der Waals surface area (Å²) in [7, 11) is 0. The summed E-state index contributed by atoms with van der Waals surface area (Å²) in [6.45, 7) is 4.15. The van der Waals surface area contributed by atoms with Crippen LogP contribution in [0, 0.1) is 5.92 Å². The summed E-state index contributed by atoms with van der Waals surface area (Å²) < 4.78 is 0. The predicted octanol–water partition coefficient (Wildman–Crippen LogP) is 3.47. The van der Waals surface area contributed by atoms with Crippen LogP contribution < -0.4 is 5.73 Å². The lowest BCUT2D eigenvalue weighted by molar-refractivity contribution is -0.123. The highest BCUT2D eigenvalue weighted by Crippen LogP contribution is 2.18. The van der Waals surface area contributed by atoms with E-state index in [9.17, 15) is 4.79 Å². The maximum Gasteiger partial charge on any atom is 0.136 e. The van der Waals surface area contributed by atoms with Crippen molar-refractivity contribution in [2.75, 3.05) is 0 Å². The second kappa shape index (κ2) is 7.23. The van der Waals surface area contributed by atoms with E-state index in [2.05, 4.69) is 13.8 Å². The Hall–Kier alpha value is -1.15. The molecule has 2 heteroatoms. The highest BCUT2D eigenvalue weighted by molar-refractivity contribution is 5.80. The van der Waals surface area contributed by atoms with Crippen LogP contribution in [0.3, 0.4) is 0 Å². The summed E-state index contributed by atoms with van der Waals surface area (Å²) in [6.07, 6.45) is 3.23. The number of hydrogen-bond acceptors (Lipinski definition) is 2. The van der Waals surface area contributed by atoms with Crippen molar-refractivity contribution in [2.45, 2.75) is 45.6 Å². The summed E-state index contributed by atoms with van der Waals surface area (Å²) in [5.74, 6) is 0.583. The fraction of sp³-hybridized carbons (Fsp3) is 0.533. The van der Waals surface area contributed by atoms with E-state index in [1.165, 1.54) is 0 Å². The van der Waals surface area contributed by atoms with Gasteiger partial charge >= 0.3 is 0 Å². The molecule has 0 heterocycles. The zero-order chi connectivity index (χ0) is 12.7. The van der Waals surface area contributed by atoms with E-state index in [1.807, 2.05) is 30.3 Å². The van der Waals surface area contributed by atoms with Gasteiger partial charge < -0.3 is 5.73 Å². The molecule has 0 spiro atoms. The monoisotopic (exact) mass is 233 g/mol. The van der Waals surface area contributed by atoms with Crippen LogP contribution in [0.5, 0.6) is 0 Å². The molecule has 0 fully saturated rings. The van der Waals surface area contributed by atoms with Crippen molar-refractivity contribution in [3.8, 4) is 0 Å². The Kier molecular flexibility index (Phi) is 5.92. The maximum atomic E-state index is 11.9. The fourth-order valence-electron chi connectivity index (χ4n) is 2.11. The standard InChI is InChI=1S/C15H23NO/c1-3-12(4-2)15(17)11-10-14(16)13-8-6-5-7-9-13/h5-9,12,14H,3-4,10-11,16H2,1-2H3. The largest absolute Gasteiger partial charge is 0.324 e. The van der Waals surface area contributed by atoms with Gasteiger partial charge in [-0.05, 0) is 24.8 Å². The molecule has 2 nitrogen and oxygen atoms in total. The van der Waals surface area contributed by atoms with E-state index in [1.54, 1.807) is 0 Å². The quantitative estimate of drug-likeness (QED) is 0.783. The minimum Gasteiger partial charge on any atom is -0.324 e. The molecule has 0 saturated carbocycles. The summed E-state index contributed by atoms with van der Waals surface area (Å²) in [5.41, 5.74) is 7.19. The first-order valence-electron chi connectivity index (χ1n) is 6.52. The van der Waals surface area contributed by atoms with Crippen molar-refractivity contribution in [3.63, 3.8) is 0 Å². The Morgan fingerprint density at radius 1 is 1.18 bits per heavy atom. The lowest BCUT2D eigenvalue weighted by Gasteiger charge is -2.14. The molecular formula is C15H23NO. The molecule has 1 unspecified atom stereocenters. The molecule has 2 N–H and O–H groups in total. The van der Waals surface area contributed by atoms with Gasteiger partial charge in [0.05, 0.1) is 0 Å². The summed E-state index contributed by atoms with van der Waals surface area (Å²) in [5, 5.41) is 0. The maximum absolute atomic E-state index is 11.9. The van der Waals surface area contributed by atoms with Gasteiger partial charge in [0.1, 0.15) is 5.78 Å². The van der Waals surface area contributed by atoms with Crippen LogP contribution in [-0.4, -0.2) is 5.78 Å². The van der Waals surface area contributed by atoms with E-state index in [0.29, 0.717) is 12.2 Å². The first kappa shape index (κ1) is 13.9. The van der Waals surface area contributed by atoms with Crippen LogP contribution in [0.4, 0.5) is 0 Å². The molecule has 94 valence electrons. The number of carbonyl (C=O) groups is 1. The number of benzene rings is 1. The first-order chi connectivity index (χ1) is 8.19. The molecule has 17 heavy (non-hydrogen) atoms. The van der Waals surface area contributed by atoms with E-state index in [4.69, 9.17) is 5.73 Å². The first-order valence-corrected chi connectivity index (χ1v) is 6.52. The number of carbonyl (C=O) groups excluding carboxylic acids is 1. The third-order valence-corrected chi connectivity index (χ3v) is 3.37. The molecule has 0 aromatic heterocycles. The van der Waals surface area contributed by atoms with Crippen molar-refractivity contribution >= 4 is 5.78 Å². The molecule has 1 aromatic carbocycles. The molecule has 1 aromatic rings. The predicted molar refractivity (Wildman–Crippen MR) is 71.7 cm³/mol. The molecule has 0 aliphatic rings. The van der Waals surface area contributed by atoms with Crippen molar-refractivity contribution in [1.82, 2.24) is 0 Å².